The highest BCUT2D eigenvalue weighted by Gasteiger charge is 2.04. The summed E-state index contributed by atoms with van der Waals surface area (Å²) in [6.45, 7) is 3.63. The van der Waals surface area contributed by atoms with Crippen LogP contribution in [-0.2, 0) is 19.4 Å². The predicted octanol–water partition coefficient (Wildman–Crippen LogP) is 3.42. The number of thiazole rings is 1. The van der Waals surface area contributed by atoms with Gasteiger partial charge in [0.05, 0.1) is 16.9 Å². The summed E-state index contributed by atoms with van der Waals surface area (Å²) in [6.07, 6.45) is 7.81. The van der Waals surface area contributed by atoms with Crippen molar-refractivity contribution in [1.29, 1.82) is 0 Å². The highest BCUT2D eigenvalue weighted by molar-refractivity contribution is 14.0. The smallest absolute Gasteiger partial charge is 0.191 e. The number of aromatic nitrogens is 3. The molecule has 8 heteroatoms. The highest BCUT2D eigenvalue weighted by atomic mass is 127. The van der Waals surface area contributed by atoms with Crippen molar-refractivity contribution in [3.05, 3.63) is 64.4 Å². The van der Waals surface area contributed by atoms with Crippen LogP contribution in [0, 0.1) is 0 Å². The number of halogens is 1. The van der Waals surface area contributed by atoms with Gasteiger partial charge in [-0.05, 0) is 18.6 Å². The van der Waals surface area contributed by atoms with Crippen LogP contribution in [0.5, 0.6) is 0 Å². The normalized spacial score (nSPS) is 11.1. The maximum atomic E-state index is 4.44. The Morgan fingerprint density at radius 3 is 2.70 bits per heavy atom. The van der Waals surface area contributed by atoms with E-state index >= 15 is 0 Å². The van der Waals surface area contributed by atoms with Crippen LogP contribution in [0.15, 0.2) is 53.9 Å². The standard InChI is InChI=1S/C19H24N6S.HI/c1-3-17-13-22-18(26-17)9-10-21-19(20-2)23-11-15-12-24-25(14-15)16-7-5-4-6-8-16;/h4-8,12-14H,3,9-11H2,1-2H3,(H2,20,21,23);1H. The Balaban J connectivity index is 0.00000261. The van der Waals surface area contributed by atoms with Crippen LogP contribution in [0.3, 0.4) is 0 Å². The van der Waals surface area contributed by atoms with Crippen molar-refractivity contribution in [2.24, 2.45) is 4.99 Å². The minimum atomic E-state index is 0. The first-order valence-corrected chi connectivity index (χ1v) is 9.57. The zero-order valence-electron chi connectivity index (χ0n) is 15.6. The summed E-state index contributed by atoms with van der Waals surface area (Å²) in [5.74, 6) is 0.782. The van der Waals surface area contributed by atoms with Gasteiger partial charge in [-0.1, -0.05) is 25.1 Å². The van der Waals surface area contributed by atoms with E-state index in [0.29, 0.717) is 6.54 Å². The lowest BCUT2D eigenvalue weighted by Gasteiger charge is -2.10. The number of aryl methyl sites for hydroxylation is 1. The van der Waals surface area contributed by atoms with E-state index in [1.165, 1.54) is 4.88 Å². The van der Waals surface area contributed by atoms with Gasteiger partial charge in [0.25, 0.3) is 0 Å². The molecule has 0 fully saturated rings. The van der Waals surface area contributed by atoms with E-state index in [2.05, 4.69) is 32.6 Å². The molecule has 0 unspecified atom stereocenters. The lowest BCUT2D eigenvalue weighted by molar-refractivity contribution is 0.791. The molecule has 2 heterocycles. The van der Waals surface area contributed by atoms with E-state index in [4.69, 9.17) is 0 Å². The summed E-state index contributed by atoms with van der Waals surface area (Å²) >= 11 is 1.78. The quantitative estimate of drug-likeness (QED) is 0.299. The summed E-state index contributed by atoms with van der Waals surface area (Å²) < 4.78 is 1.88. The van der Waals surface area contributed by atoms with Gasteiger partial charge in [-0.2, -0.15) is 5.10 Å². The molecule has 3 rings (SSSR count). The molecule has 6 nitrogen and oxygen atoms in total. The van der Waals surface area contributed by atoms with Crippen molar-refractivity contribution in [2.45, 2.75) is 26.3 Å². The van der Waals surface area contributed by atoms with Gasteiger partial charge in [-0.25, -0.2) is 9.67 Å². The summed E-state index contributed by atoms with van der Waals surface area (Å²) in [7, 11) is 1.78. The Morgan fingerprint density at radius 1 is 1.19 bits per heavy atom. The first-order valence-electron chi connectivity index (χ1n) is 8.75. The number of hydrogen-bond acceptors (Lipinski definition) is 4. The molecule has 0 aliphatic carbocycles. The molecule has 0 bridgehead atoms. The maximum absolute atomic E-state index is 4.44. The van der Waals surface area contributed by atoms with Crippen LogP contribution in [0.2, 0.25) is 0 Å². The monoisotopic (exact) mass is 496 g/mol. The van der Waals surface area contributed by atoms with Gasteiger partial charge in [0.1, 0.15) is 0 Å². The zero-order valence-corrected chi connectivity index (χ0v) is 18.7. The number of para-hydroxylation sites is 1. The minimum Gasteiger partial charge on any atom is -0.356 e. The Kier molecular flexibility index (Phi) is 8.73. The second-order valence-corrected chi connectivity index (χ2v) is 7.00. The lowest BCUT2D eigenvalue weighted by Crippen LogP contribution is -2.37. The molecule has 0 amide bonds. The number of hydrogen-bond donors (Lipinski definition) is 2. The van der Waals surface area contributed by atoms with Crippen molar-refractivity contribution >= 4 is 41.3 Å². The lowest BCUT2D eigenvalue weighted by atomic mass is 10.3. The molecule has 0 atom stereocenters. The SMILES string of the molecule is CCc1cnc(CCNC(=NC)NCc2cnn(-c3ccccc3)c2)s1.I. The number of rotatable bonds is 7. The second-order valence-electron chi connectivity index (χ2n) is 5.81. The van der Waals surface area contributed by atoms with Crippen LogP contribution in [0.25, 0.3) is 5.69 Å². The van der Waals surface area contributed by atoms with Crippen molar-refractivity contribution < 1.29 is 0 Å². The molecule has 1 aromatic carbocycles. The van der Waals surface area contributed by atoms with E-state index in [1.54, 1.807) is 18.4 Å². The molecule has 0 spiro atoms. The van der Waals surface area contributed by atoms with Gasteiger partial charge >= 0.3 is 0 Å². The molecular weight excluding hydrogens is 471 g/mol. The molecule has 2 aromatic heterocycles. The molecule has 0 aliphatic heterocycles. The van der Waals surface area contributed by atoms with Gasteiger partial charge in [0, 0.05) is 49.4 Å². The second kappa shape index (κ2) is 11.0. The summed E-state index contributed by atoms with van der Waals surface area (Å²) in [4.78, 5) is 10.0. The average molecular weight is 496 g/mol. The Labute approximate surface area is 181 Å². The van der Waals surface area contributed by atoms with Crippen LogP contribution < -0.4 is 10.6 Å². The van der Waals surface area contributed by atoms with Crippen LogP contribution in [0.1, 0.15) is 22.4 Å². The third-order valence-electron chi connectivity index (χ3n) is 3.92. The van der Waals surface area contributed by atoms with E-state index in [-0.39, 0.29) is 24.0 Å². The molecule has 27 heavy (non-hydrogen) atoms. The first-order chi connectivity index (χ1) is 12.8. The number of benzene rings is 1. The minimum absolute atomic E-state index is 0. The molecule has 0 saturated carbocycles. The highest BCUT2D eigenvalue weighted by Crippen LogP contribution is 2.13. The molecule has 144 valence electrons. The topological polar surface area (TPSA) is 67.1 Å². The fraction of sp³-hybridized carbons (Fsp3) is 0.316. The Hall–Kier alpha value is -1.94. The van der Waals surface area contributed by atoms with Crippen molar-refractivity contribution in [3.63, 3.8) is 0 Å². The van der Waals surface area contributed by atoms with Gasteiger partial charge < -0.3 is 10.6 Å². The largest absolute Gasteiger partial charge is 0.356 e. The van der Waals surface area contributed by atoms with Gasteiger partial charge in [0.2, 0.25) is 0 Å². The van der Waals surface area contributed by atoms with E-state index in [9.17, 15) is 0 Å². The van der Waals surface area contributed by atoms with Gasteiger partial charge in [0.15, 0.2) is 5.96 Å². The van der Waals surface area contributed by atoms with Crippen molar-refractivity contribution in [1.82, 2.24) is 25.4 Å². The molecule has 0 radical (unpaired) electrons. The summed E-state index contributed by atoms with van der Waals surface area (Å²) in [5.41, 5.74) is 2.15. The molecule has 0 aliphatic rings. The first kappa shape index (κ1) is 21.4. The molecule has 2 N–H and O–H groups in total. The Morgan fingerprint density at radius 2 is 2.00 bits per heavy atom. The van der Waals surface area contributed by atoms with E-state index in [1.807, 2.05) is 53.6 Å². The van der Waals surface area contributed by atoms with E-state index < -0.39 is 0 Å². The summed E-state index contributed by atoms with van der Waals surface area (Å²) in [6, 6.07) is 10.1. The van der Waals surface area contributed by atoms with Crippen LogP contribution >= 0.6 is 35.3 Å². The third-order valence-corrected chi connectivity index (χ3v) is 5.12. The molecule has 0 saturated heterocycles. The fourth-order valence-corrected chi connectivity index (χ4v) is 3.36. The fourth-order valence-electron chi connectivity index (χ4n) is 2.49. The molecular formula is C19H25IN6S. The van der Waals surface area contributed by atoms with Crippen molar-refractivity contribution in [2.75, 3.05) is 13.6 Å². The summed E-state index contributed by atoms with van der Waals surface area (Å²) in [5, 5.41) is 12.2. The van der Waals surface area contributed by atoms with Crippen LogP contribution in [0.4, 0.5) is 0 Å². The van der Waals surface area contributed by atoms with Gasteiger partial charge in [-0.15, -0.1) is 35.3 Å². The molecule has 3 aromatic rings. The third kappa shape index (κ3) is 6.31. The van der Waals surface area contributed by atoms with Crippen molar-refractivity contribution in [3.8, 4) is 5.69 Å². The number of guanidine groups is 1. The number of aliphatic imine (C=N–C) groups is 1. The predicted molar refractivity (Wildman–Crippen MR) is 122 cm³/mol. The number of nitrogens with zero attached hydrogens (tertiary/aromatic N) is 4. The maximum Gasteiger partial charge on any atom is 0.191 e. The van der Waals surface area contributed by atoms with Gasteiger partial charge in [-0.3, -0.25) is 4.99 Å². The van der Waals surface area contributed by atoms with Crippen LogP contribution in [-0.4, -0.2) is 34.3 Å². The van der Waals surface area contributed by atoms with E-state index in [0.717, 1.165) is 41.6 Å². The zero-order chi connectivity index (χ0) is 18.2. The number of nitrogens with one attached hydrogen (secondary N) is 2. The Bertz CT molecular complexity index is 843. The average Bonchev–Trinajstić information content (AvgIpc) is 3.34.